The Morgan fingerprint density at radius 1 is 1.22 bits per heavy atom. The molecule has 0 bridgehead atoms. The first-order valence-electron chi connectivity index (χ1n) is 8.46. The van der Waals surface area contributed by atoms with Crippen LogP contribution >= 0.6 is 0 Å². The second kappa shape index (κ2) is 7.62. The van der Waals surface area contributed by atoms with E-state index in [1.165, 1.54) is 16.3 Å². The fraction of sp³-hybridized carbons (Fsp3) is 0.400. The van der Waals surface area contributed by atoms with Crippen molar-refractivity contribution < 1.29 is 4.74 Å². The normalized spacial score (nSPS) is 17.1. The zero-order valence-corrected chi connectivity index (χ0v) is 13.9. The van der Waals surface area contributed by atoms with Crippen LogP contribution in [0.4, 0.5) is 0 Å². The van der Waals surface area contributed by atoms with Gasteiger partial charge in [0.2, 0.25) is 0 Å². The van der Waals surface area contributed by atoms with Gasteiger partial charge in [-0.2, -0.15) is 0 Å². The van der Waals surface area contributed by atoms with Gasteiger partial charge in [-0.15, -0.1) is 6.58 Å². The lowest BCUT2D eigenvalue weighted by atomic mass is 9.93. The third kappa shape index (κ3) is 3.41. The smallest absolute Gasteiger partial charge is 0.124 e. The molecule has 2 aromatic carbocycles. The molecular weight excluding hydrogens is 284 g/mol. The van der Waals surface area contributed by atoms with E-state index in [1.807, 2.05) is 6.08 Å². The SMILES string of the molecule is C=CCC[C@@H](c1c(OC)ccc2ccccc12)N1CCNCC1. The third-order valence-corrected chi connectivity index (χ3v) is 4.72. The Kier molecular flexibility index (Phi) is 5.31. The molecule has 3 heteroatoms. The van der Waals surface area contributed by atoms with Crippen LogP contribution < -0.4 is 10.1 Å². The number of fused-ring (bicyclic) bond motifs is 1. The maximum absolute atomic E-state index is 5.74. The van der Waals surface area contributed by atoms with Gasteiger partial charge in [0.25, 0.3) is 0 Å². The van der Waals surface area contributed by atoms with Crippen molar-refractivity contribution in [1.29, 1.82) is 0 Å². The summed E-state index contributed by atoms with van der Waals surface area (Å²) in [5, 5.41) is 6.03. The number of rotatable bonds is 6. The van der Waals surface area contributed by atoms with E-state index < -0.39 is 0 Å². The number of hydrogen-bond acceptors (Lipinski definition) is 3. The minimum absolute atomic E-state index is 0.371. The molecule has 3 rings (SSSR count). The van der Waals surface area contributed by atoms with Gasteiger partial charge in [0.15, 0.2) is 0 Å². The van der Waals surface area contributed by atoms with Crippen molar-refractivity contribution in [2.75, 3.05) is 33.3 Å². The van der Waals surface area contributed by atoms with E-state index in [4.69, 9.17) is 4.74 Å². The van der Waals surface area contributed by atoms with Crippen molar-refractivity contribution in [3.05, 3.63) is 54.6 Å². The zero-order valence-electron chi connectivity index (χ0n) is 13.9. The van der Waals surface area contributed by atoms with Gasteiger partial charge in [-0.1, -0.05) is 36.4 Å². The Bertz CT molecular complexity index is 662. The van der Waals surface area contributed by atoms with Gasteiger partial charge < -0.3 is 10.1 Å². The second-order valence-corrected chi connectivity index (χ2v) is 6.07. The monoisotopic (exact) mass is 310 g/mol. The van der Waals surface area contributed by atoms with Gasteiger partial charge in [-0.3, -0.25) is 4.90 Å². The van der Waals surface area contributed by atoms with Crippen molar-refractivity contribution in [3.63, 3.8) is 0 Å². The summed E-state index contributed by atoms with van der Waals surface area (Å²) in [6.07, 6.45) is 4.11. The summed E-state index contributed by atoms with van der Waals surface area (Å²) in [4.78, 5) is 2.59. The number of nitrogens with zero attached hydrogens (tertiary/aromatic N) is 1. The van der Waals surface area contributed by atoms with Crippen LogP contribution in [0, 0.1) is 0 Å². The van der Waals surface area contributed by atoms with Crippen LogP contribution in [-0.2, 0) is 0 Å². The first-order chi connectivity index (χ1) is 11.3. The molecular formula is C20H26N2O. The molecule has 0 radical (unpaired) electrons. The number of piperazine rings is 1. The summed E-state index contributed by atoms with van der Waals surface area (Å²) in [6, 6.07) is 13.3. The van der Waals surface area contributed by atoms with Crippen LogP contribution in [0.2, 0.25) is 0 Å². The van der Waals surface area contributed by atoms with Gasteiger partial charge in [-0.05, 0) is 29.7 Å². The molecule has 1 heterocycles. The first-order valence-corrected chi connectivity index (χ1v) is 8.46. The first kappa shape index (κ1) is 16.0. The average Bonchev–Trinajstić information content (AvgIpc) is 2.63. The Hall–Kier alpha value is -1.84. The molecule has 3 nitrogen and oxygen atoms in total. The second-order valence-electron chi connectivity index (χ2n) is 6.07. The van der Waals surface area contributed by atoms with Gasteiger partial charge in [0.1, 0.15) is 5.75 Å². The lowest BCUT2D eigenvalue weighted by Crippen LogP contribution is -2.45. The molecule has 0 aliphatic carbocycles. The summed E-state index contributed by atoms with van der Waals surface area (Å²) in [5.41, 5.74) is 1.33. The number of methoxy groups -OCH3 is 1. The summed E-state index contributed by atoms with van der Waals surface area (Å²) in [5.74, 6) is 0.997. The van der Waals surface area contributed by atoms with Gasteiger partial charge in [0.05, 0.1) is 7.11 Å². The number of nitrogens with one attached hydrogen (secondary N) is 1. The van der Waals surface area contributed by atoms with E-state index in [-0.39, 0.29) is 0 Å². The van der Waals surface area contributed by atoms with E-state index in [0.717, 1.165) is 44.8 Å². The molecule has 1 saturated heterocycles. The molecule has 1 aliphatic rings. The lowest BCUT2D eigenvalue weighted by Gasteiger charge is -2.36. The lowest BCUT2D eigenvalue weighted by molar-refractivity contribution is 0.164. The van der Waals surface area contributed by atoms with E-state index >= 15 is 0 Å². The van der Waals surface area contributed by atoms with Crippen LogP contribution in [0.25, 0.3) is 10.8 Å². The Morgan fingerprint density at radius 3 is 2.74 bits per heavy atom. The highest BCUT2D eigenvalue weighted by atomic mass is 16.5. The van der Waals surface area contributed by atoms with Crippen molar-refractivity contribution in [2.45, 2.75) is 18.9 Å². The summed E-state index contributed by atoms with van der Waals surface area (Å²) in [7, 11) is 1.77. The van der Waals surface area contributed by atoms with E-state index in [1.54, 1.807) is 7.11 Å². The minimum Gasteiger partial charge on any atom is -0.496 e. The molecule has 1 N–H and O–H groups in total. The fourth-order valence-electron chi connectivity index (χ4n) is 3.58. The zero-order chi connectivity index (χ0) is 16.1. The molecule has 0 amide bonds. The molecule has 0 unspecified atom stereocenters. The van der Waals surface area contributed by atoms with Gasteiger partial charge in [0, 0.05) is 37.8 Å². The van der Waals surface area contributed by atoms with Crippen LogP contribution in [0.5, 0.6) is 5.75 Å². The predicted molar refractivity (Wildman–Crippen MR) is 97.1 cm³/mol. The van der Waals surface area contributed by atoms with Crippen LogP contribution in [-0.4, -0.2) is 38.2 Å². The van der Waals surface area contributed by atoms with Gasteiger partial charge >= 0.3 is 0 Å². The molecule has 122 valence electrons. The highest BCUT2D eigenvalue weighted by Gasteiger charge is 2.26. The van der Waals surface area contributed by atoms with E-state index in [2.05, 4.69) is 53.2 Å². The van der Waals surface area contributed by atoms with Crippen molar-refractivity contribution in [3.8, 4) is 5.75 Å². The van der Waals surface area contributed by atoms with Crippen LogP contribution in [0.3, 0.4) is 0 Å². The topological polar surface area (TPSA) is 24.5 Å². The average molecular weight is 310 g/mol. The molecule has 1 aliphatic heterocycles. The standard InChI is InChI=1S/C20H26N2O/c1-3-4-9-18(22-14-12-21-13-15-22)20-17-8-6-5-7-16(17)10-11-19(20)23-2/h3,5-8,10-11,18,21H,1,4,9,12-15H2,2H3/t18-/m0/s1. The molecule has 2 aromatic rings. The summed E-state index contributed by atoms with van der Waals surface area (Å²) < 4.78 is 5.74. The highest BCUT2D eigenvalue weighted by Crippen LogP contribution is 2.38. The quantitative estimate of drug-likeness (QED) is 0.822. The third-order valence-electron chi connectivity index (χ3n) is 4.72. The number of benzene rings is 2. The molecule has 0 saturated carbocycles. The minimum atomic E-state index is 0.371. The van der Waals surface area contributed by atoms with Crippen LogP contribution in [0.15, 0.2) is 49.1 Å². The predicted octanol–water partition coefficient (Wildman–Crippen LogP) is 3.76. The maximum atomic E-state index is 5.74. The summed E-state index contributed by atoms with van der Waals surface area (Å²) >= 11 is 0. The maximum Gasteiger partial charge on any atom is 0.124 e. The van der Waals surface area contributed by atoms with E-state index in [9.17, 15) is 0 Å². The molecule has 0 aromatic heterocycles. The van der Waals surface area contributed by atoms with E-state index in [0.29, 0.717) is 6.04 Å². The van der Waals surface area contributed by atoms with Crippen LogP contribution in [0.1, 0.15) is 24.4 Å². The highest BCUT2D eigenvalue weighted by molar-refractivity contribution is 5.88. The molecule has 1 fully saturated rings. The summed E-state index contributed by atoms with van der Waals surface area (Å²) in [6.45, 7) is 8.18. The Labute approximate surface area is 138 Å². The number of allylic oxidation sites excluding steroid dienone is 1. The Morgan fingerprint density at radius 2 is 2.00 bits per heavy atom. The molecule has 23 heavy (non-hydrogen) atoms. The van der Waals surface area contributed by atoms with Gasteiger partial charge in [-0.25, -0.2) is 0 Å². The largest absolute Gasteiger partial charge is 0.496 e. The number of ether oxygens (including phenoxy) is 1. The molecule has 1 atom stereocenters. The fourth-order valence-corrected chi connectivity index (χ4v) is 3.58. The van der Waals surface area contributed by atoms with Crippen molar-refractivity contribution in [1.82, 2.24) is 10.2 Å². The van der Waals surface area contributed by atoms with Crippen molar-refractivity contribution in [2.24, 2.45) is 0 Å². The Balaban J connectivity index is 2.09. The van der Waals surface area contributed by atoms with Crippen molar-refractivity contribution >= 4 is 10.8 Å². The molecule has 0 spiro atoms. The number of hydrogen-bond donors (Lipinski definition) is 1.